The van der Waals surface area contributed by atoms with Crippen LogP contribution in [0.15, 0.2) is 24.4 Å². The fourth-order valence-corrected chi connectivity index (χ4v) is 4.99. The van der Waals surface area contributed by atoms with E-state index in [-0.39, 0.29) is 19.0 Å². The van der Waals surface area contributed by atoms with Gasteiger partial charge in [-0.15, -0.1) is 10.2 Å². The van der Waals surface area contributed by atoms with Gasteiger partial charge in [0.1, 0.15) is 11.4 Å². The first-order valence-corrected chi connectivity index (χ1v) is 12.1. The molecule has 2 aromatic heterocycles. The van der Waals surface area contributed by atoms with Crippen molar-refractivity contribution in [1.29, 1.82) is 0 Å². The van der Waals surface area contributed by atoms with Crippen molar-refractivity contribution in [2.75, 3.05) is 18.0 Å². The second kappa shape index (κ2) is 8.95. The minimum absolute atomic E-state index is 0.00660. The third-order valence-electron chi connectivity index (χ3n) is 7.26. The highest BCUT2D eigenvalue weighted by Gasteiger charge is 2.52. The number of alkyl halides is 3. The second-order valence-electron chi connectivity index (χ2n) is 9.86. The van der Waals surface area contributed by atoms with E-state index in [0.717, 1.165) is 24.4 Å². The fraction of sp³-hybridized carbons (Fsp3) is 0.500. The molecule has 0 unspecified atom stereocenters. The van der Waals surface area contributed by atoms with Crippen molar-refractivity contribution in [3.63, 3.8) is 0 Å². The number of anilines is 1. The van der Waals surface area contributed by atoms with Crippen LogP contribution in [0.3, 0.4) is 0 Å². The summed E-state index contributed by atoms with van der Waals surface area (Å²) < 4.78 is 57.4. The molecule has 0 bridgehead atoms. The van der Waals surface area contributed by atoms with E-state index in [9.17, 15) is 17.6 Å². The molecule has 5 rings (SSSR count). The summed E-state index contributed by atoms with van der Waals surface area (Å²) in [6.45, 7) is 5.31. The molecule has 1 aromatic carbocycles. The zero-order chi connectivity index (χ0) is 25.8. The molecule has 2 aliphatic rings. The molecule has 4 heterocycles. The zero-order valence-electron chi connectivity index (χ0n) is 20.1. The lowest BCUT2D eigenvalue weighted by molar-refractivity contribution is -0.224. The van der Waals surface area contributed by atoms with Gasteiger partial charge in [0.15, 0.2) is 11.6 Å². The smallest absolute Gasteiger partial charge is 0.341 e. The van der Waals surface area contributed by atoms with Gasteiger partial charge in [-0.3, -0.25) is 9.47 Å². The van der Waals surface area contributed by atoms with Crippen LogP contribution in [0.25, 0.3) is 5.69 Å². The van der Waals surface area contributed by atoms with E-state index in [2.05, 4.69) is 20.2 Å². The number of nitrogens with zero attached hydrogens (tertiary/aromatic N) is 7. The maximum Gasteiger partial charge on any atom is 0.406 e. The van der Waals surface area contributed by atoms with E-state index >= 15 is 0 Å². The molecular formula is C24H26ClF4N7. The molecule has 0 radical (unpaired) electrons. The van der Waals surface area contributed by atoms with E-state index < -0.39 is 17.5 Å². The van der Waals surface area contributed by atoms with Crippen molar-refractivity contribution < 1.29 is 17.6 Å². The Kier molecular flexibility index (Phi) is 6.19. The summed E-state index contributed by atoms with van der Waals surface area (Å²) in [6.07, 6.45) is -1.81. The van der Waals surface area contributed by atoms with Gasteiger partial charge in [-0.25, -0.2) is 14.4 Å². The van der Waals surface area contributed by atoms with Crippen LogP contribution in [0.5, 0.6) is 0 Å². The summed E-state index contributed by atoms with van der Waals surface area (Å²) in [4.78, 5) is 11.7. The van der Waals surface area contributed by atoms with E-state index in [0.29, 0.717) is 41.1 Å². The quantitative estimate of drug-likeness (QED) is 0.440. The van der Waals surface area contributed by atoms with Crippen molar-refractivity contribution in [2.24, 2.45) is 0 Å². The van der Waals surface area contributed by atoms with E-state index in [4.69, 9.17) is 11.6 Å². The molecule has 1 saturated heterocycles. The average molecular weight is 524 g/mol. The highest BCUT2D eigenvalue weighted by atomic mass is 35.5. The molecule has 1 fully saturated rings. The Labute approximate surface area is 211 Å². The lowest BCUT2D eigenvalue weighted by Crippen LogP contribution is -2.53. The van der Waals surface area contributed by atoms with Crippen LogP contribution in [-0.4, -0.2) is 54.4 Å². The maximum absolute atomic E-state index is 14.0. The Hall–Kier alpha value is -2.79. The number of hydrogen-bond donors (Lipinski definition) is 0. The highest BCUT2D eigenvalue weighted by molar-refractivity contribution is 6.30. The van der Waals surface area contributed by atoms with Gasteiger partial charge >= 0.3 is 6.18 Å². The van der Waals surface area contributed by atoms with Gasteiger partial charge < -0.3 is 4.90 Å². The van der Waals surface area contributed by atoms with Gasteiger partial charge in [-0.1, -0.05) is 11.6 Å². The van der Waals surface area contributed by atoms with Crippen molar-refractivity contribution in [2.45, 2.75) is 64.3 Å². The predicted octanol–water partition coefficient (Wildman–Crippen LogP) is 5.20. The summed E-state index contributed by atoms with van der Waals surface area (Å²) >= 11 is 6.24. The third kappa shape index (κ3) is 4.32. The fourth-order valence-electron chi connectivity index (χ4n) is 4.80. The predicted molar refractivity (Wildman–Crippen MR) is 127 cm³/mol. The number of aryl methyl sites for hydroxylation is 1. The minimum atomic E-state index is -4.43. The van der Waals surface area contributed by atoms with Crippen LogP contribution in [0.1, 0.15) is 55.5 Å². The molecule has 0 saturated carbocycles. The molecular weight excluding hydrogens is 498 g/mol. The van der Waals surface area contributed by atoms with Crippen LogP contribution >= 0.6 is 11.6 Å². The van der Waals surface area contributed by atoms with Crippen molar-refractivity contribution in [3.05, 3.63) is 58.1 Å². The van der Waals surface area contributed by atoms with Gasteiger partial charge in [0.05, 0.1) is 24.1 Å². The van der Waals surface area contributed by atoms with Crippen molar-refractivity contribution in [3.8, 4) is 5.69 Å². The van der Waals surface area contributed by atoms with Crippen molar-refractivity contribution in [1.82, 2.24) is 29.6 Å². The number of hydrogen-bond acceptors (Lipinski definition) is 6. The first-order chi connectivity index (χ1) is 17.0. The maximum atomic E-state index is 14.0. The molecule has 0 N–H and O–H groups in total. The van der Waals surface area contributed by atoms with Gasteiger partial charge in [0, 0.05) is 30.6 Å². The van der Waals surface area contributed by atoms with E-state index in [1.807, 2.05) is 15.5 Å². The number of benzene rings is 1. The number of fused-ring (bicyclic) bond motifs is 3. The lowest BCUT2D eigenvalue weighted by Gasteiger charge is -2.38. The topological polar surface area (TPSA) is 63.0 Å². The Morgan fingerprint density at radius 2 is 1.78 bits per heavy atom. The van der Waals surface area contributed by atoms with Gasteiger partial charge in [0.2, 0.25) is 5.95 Å². The molecule has 7 nitrogen and oxygen atoms in total. The van der Waals surface area contributed by atoms with Crippen LogP contribution in [0.4, 0.5) is 23.5 Å². The summed E-state index contributed by atoms with van der Waals surface area (Å²) in [5, 5.41) is 9.27. The average Bonchev–Trinajstić information content (AvgIpc) is 3.15. The molecule has 192 valence electrons. The normalized spacial score (nSPS) is 17.6. The number of halogens is 5. The second-order valence-corrected chi connectivity index (χ2v) is 10.3. The molecule has 0 spiro atoms. The number of piperidine rings is 1. The first-order valence-electron chi connectivity index (χ1n) is 11.7. The van der Waals surface area contributed by atoms with Gasteiger partial charge in [-0.2, -0.15) is 13.2 Å². The van der Waals surface area contributed by atoms with Crippen LogP contribution < -0.4 is 4.90 Å². The largest absolute Gasteiger partial charge is 0.406 e. The molecule has 12 heteroatoms. The summed E-state index contributed by atoms with van der Waals surface area (Å²) in [5.41, 5.74) is -0.347. The Bertz CT molecular complexity index is 1280. The van der Waals surface area contributed by atoms with E-state index in [1.165, 1.54) is 24.9 Å². The molecule has 0 amide bonds. The minimum Gasteiger partial charge on any atom is -0.341 e. The van der Waals surface area contributed by atoms with Crippen LogP contribution in [0.2, 0.25) is 5.02 Å². The number of aromatic nitrogens is 5. The van der Waals surface area contributed by atoms with Crippen LogP contribution in [0, 0.1) is 12.7 Å². The van der Waals surface area contributed by atoms with Gasteiger partial charge in [0.25, 0.3) is 0 Å². The molecule has 2 aliphatic heterocycles. The zero-order valence-corrected chi connectivity index (χ0v) is 20.9. The van der Waals surface area contributed by atoms with Gasteiger partial charge in [-0.05, 0) is 57.4 Å². The summed E-state index contributed by atoms with van der Waals surface area (Å²) in [6, 6.07) is 5.27. The molecule has 0 aliphatic carbocycles. The standard InChI is InChI=1S/C24H26ClF4N7/c1-14-18(26)11-30-22(31-14)34-8-6-15(7-9-34)21-33-32-20-13-35(23(2,3)24(27,28)29)12-16-10-17(25)4-5-19(16)36(20)21/h4-5,10-11,15H,6-9,12-13H2,1-3H3. The number of rotatable bonds is 3. The van der Waals surface area contributed by atoms with Crippen LogP contribution in [-0.2, 0) is 13.1 Å². The first kappa shape index (κ1) is 24.9. The Morgan fingerprint density at radius 1 is 1.06 bits per heavy atom. The SMILES string of the molecule is Cc1nc(N2CCC(c3nnc4n3-c3ccc(Cl)cc3CN(C(C)(C)C(F)(F)F)C4)CC2)ncc1F. The Morgan fingerprint density at radius 3 is 2.44 bits per heavy atom. The monoisotopic (exact) mass is 523 g/mol. The highest BCUT2D eigenvalue weighted by Crippen LogP contribution is 2.40. The molecule has 36 heavy (non-hydrogen) atoms. The third-order valence-corrected chi connectivity index (χ3v) is 7.50. The van der Waals surface area contributed by atoms with E-state index in [1.54, 1.807) is 19.1 Å². The molecule has 3 aromatic rings. The molecule has 0 atom stereocenters. The summed E-state index contributed by atoms with van der Waals surface area (Å²) in [7, 11) is 0. The lowest BCUT2D eigenvalue weighted by atomic mass is 9.95. The van der Waals surface area contributed by atoms with Crippen molar-refractivity contribution >= 4 is 17.5 Å². The Balaban J connectivity index is 1.47. The summed E-state index contributed by atoms with van der Waals surface area (Å²) in [5.74, 6) is 1.26.